The Labute approximate surface area is 134 Å². The first-order valence-electron chi connectivity index (χ1n) is 6.72. The molecule has 1 aliphatic carbocycles. The molecule has 8 nitrogen and oxygen atoms in total. The van der Waals surface area contributed by atoms with Crippen LogP contribution in [0.1, 0.15) is 28.8 Å². The summed E-state index contributed by atoms with van der Waals surface area (Å²) in [6.45, 7) is 1.52. The summed E-state index contributed by atoms with van der Waals surface area (Å²) >= 11 is 0. The van der Waals surface area contributed by atoms with Crippen molar-refractivity contribution in [1.29, 1.82) is 0 Å². The molecule has 0 spiro atoms. The van der Waals surface area contributed by atoms with E-state index < -0.39 is 41.9 Å². The van der Waals surface area contributed by atoms with E-state index in [0.29, 0.717) is 18.4 Å². The van der Waals surface area contributed by atoms with Gasteiger partial charge in [0.25, 0.3) is 5.91 Å². The van der Waals surface area contributed by atoms with Gasteiger partial charge < -0.3 is 11.5 Å². The zero-order valence-corrected chi connectivity index (χ0v) is 14.0. The molecule has 0 atom stereocenters. The molecular weight excluding hydrogens is 342 g/mol. The number of sulfone groups is 2. The van der Waals surface area contributed by atoms with Gasteiger partial charge in [0.15, 0.2) is 30.7 Å². The molecule has 4 N–H and O–H groups in total. The Morgan fingerprint density at radius 3 is 2.30 bits per heavy atom. The molecule has 1 aromatic rings. The van der Waals surface area contributed by atoms with Crippen molar-refractivity contribution < 1.29 is 21.6 Å². The minimum atomic E-state index is -4.00. The summed E-state index contributed by atoms with van der Waals surface area (Å²) in [5, 5.41) is -1.48. The number of benzene rings is 1. The van der Waals surface area contributed by atoms with Gasteiger partial charge in [0.2, 0.25) is 0 Å². The Bertz CT molecular complexity index is 880. The molecule has 23 heavy (non-hydrogen) atoms. The van der Waals surface area contributed by atoms with Crippen LogP contribution in [0.5, 0.6) is 0 Å². The Kier molecular flexibility index (Phi) is 4.49. The first-order valence-corrected chi connectivity index (χ1v) is 10.1. The first kappa shape index (κ1) is 17.4. The first-order chi connectivity index (χ1) is 10.5. The van der Waals surface area contributed by atoms with E-state index in [-0.39, 0.29) is 10.5 Å². The monoisotopic (exact) mass is 359 g/mol. The molecule has 10 heteroatoms. The molecule has 2 rings (SSSR count). The summed E-state index contributed by atoms with van der Waals surface area (Å²) in [6, 6.07) is 3.69. The summed E-state index contributed by atoms with van der Waals surface area (Å²) in [6.07, 6.45) is 1.01. The van der Waals surface area contributed by atoms with Gasteiger partial charge in [0, 0.05) is 5.56 Å². The SMILES string of the molecule is Cc1cc(S(=O)(=O)CS(=O)(=O)C2CC2)ccc1C(=O)N=C(N)N. The number of amides is 1. The predicted octanol–water partition coefficient (Wildman–Crippen LogP) is -0.283. The molecule has 0 bridgehead atoms. The van der Waals surface area contributed by atoms with Crippen molar-refractivity contribution in [3.8, 4) is 0 Å². The minimum Gasteiger partial charge on any atom is -0.370 e. The molecule has 0 heterocycles. The number of nitrogens with two attached hydrogens (primary N) is 2. The second-order valence-electron chi connectivity index (χ2n) is 5.41. The number of guanidine groups is 1. The zero-order valence-electron chi connectivity index (χ0n) is 12.4. The van der Waals surface area contributed by atoms with Crippen molar-refractivity contribution in [2.24, 2.45) is 16.5 Å². The lowest BCUT2D eigenvalue weighted by Gasteiger charge is -2.08. The van der Waals surface area contributed by atoms with Gasteiger partial charge in [-0.3, -0.25) is 4.79 Å². The molecule has 1 aromatic carbocycles. The van der Waals surface area contributed by atoms with Gasteiger partial charge >= 0.3 is 0 Å². The molecule has 1 fully saturated rings. The van der Waals surface area contributed by atoms with Gasteiger partial charge in [0.05, 0.1) is 10.1 Å². The zero-order chi connectivity index (χ0) is 17.4. The second-order valence-corrected chi connectivity index (χ2v) is 10.0. The molecule has 1 amide bonds. The maximum Gasteiger partial charge on any atom is 0.280 e. The largest absolute Gasteiger partial charge is 0.370 e. The van der Waals surface area contributed by atoms with Crippen LogP contribution in [0.15, 0.2) is 28.1 Å². The van der Waals surface area contributed by atoms with Crippen LogP contribution in [-0.2, 0) is 19.7 Å². The van der Waals surface area contributed by atoms with Gasteiger partial charge in [-0.15, -0.1) is 0 Å². The van der Waals surface area contributed by atoms with Crippen molar-refractivity contribution in [3.63, 3.8) is 0 Å². The van der Waals surface area contributed by atoms with Gasteiger partial charge in [-0.05, 0) is 43.5 Å². The van der Waals surface area contributed by atoms with Crippen molar-refractivity contribution in [1.82, 2.24) is 0 Å². The molecule has 1 aliphatic rings. The lowest BCUT2D eigenvalue weighted by Crippen LogP contribution is -2.24. The van der Waals surface area contributed by atoms with E-state index >= 15 is 0 Å². The van der Waals surface area contributed by atoms with Gasteiger partial charge in [-0.1, -0.05) is 0 Å². The lowest BCUT2D eigenvalue weighted by molar-refractivity contribution is 0.100. The Hall–Kier alpha value is -1.94. The van der Waals surface area contributed by atoms with Crippen LogP contribution < -0.4 is 11.5 Å². The average molecular weight is 359 g/mol. The fraction of sp³-hybridized carbons (Fsp3) is 0.385. The molecule has 1 saturated carbocycles. The third-order valence-electron chi connectivity index (χ3n) is 3.37. The number of aryl methyl sites for hydroxylation is 1. The topological polar surface area (TPSA) is 150 Å². The van der Waals surface area contributed by atoms with E-state index in [1.54, 1.807) is 0 Å². The molecule has 0 aromatic heterocycles. The molecular formula is C13H17N3O5S2. The number of nitrogens with zero attached hydrogens (tertiary/aromatic N) is 1. The van der Waals surface area contributed by atoms with E-state index in [0.717, 1.165) is 0 Å². The van der Waals surface area contributed by atoms with Crippen LogP contribution in [-0.4, -0.2) is 39.0 Å². The van der Waals surface area contributed by atoms with Gasteiger partial charge in [0.1, 0.15) is 0 Å². The minimum absolute atomic E-state index is 0.141. The quantitative estimate of drug-likeness (QED) is 0.542. The molecule has 0 radical (unpaired) electrons. The van der Waals surface area contributed by atoms with E-state index in [1.807, 2.05) is 0 Å². The van der Waals surface area contributed by atoms with Crippen molar-refractivity contribution in [3.05, 3.63) is 29.3 Å². The maximum absolute atomic E-state index is 12.3. The third-order valence-corrected chi connectivity index (χ3v) is 8.38. The number of aliphatic imine (C=N–C) groups is 1. The summed E-state index contributed by atoms with van der Waals surface area (Å²) < 4.78 is 48.3. The highest BCUT2D eigenvalue weighted by Crippen LogP contribution is 2.31. The fourth-order valence-corrected chi connectivity index (χ4v) is 6.58. The number of hydrogen-bond acceptors (Lipinski definition) is 5. The number of hydrogen-bond donors (Lipinski definition) is 2. The van der Waals surface area contributed by atoms with Crippen LogP contribution in [0.4, 0.5) is 0 Å². The van der Waals surface area contributed by atoms with Crippen molar-refractivity contribution >= 4 is 31.5 Å². The van der Waals surface area contributed by atoms with Crippen LogP contribution in [0.2, 0.25) is 0 Å². The fourth-order valence-electron chi connectivity index (χ4n) is 2.05. The normalized spacial score (nSPS) is 15.2. The van der Waals surface area contributed by atoms with E-state index in [9.17, 15) is 21.6 Å². The highest BCUT2D eigenvalue weighted by Gasteiger charge is 2.39. The van der Waals surface area contributed by atoms with Crippen LogP contribution in [0, 0.1) is 6.92 Å². The Morgan fingerprint density at radius 1 is 1.22 bits per heavy atom. The van der Waals surface area contributed by atoms with Crippen molar-refractivity contribution in [2.75, 3.05) is 5.08 Å². The Morgan fingerprint density at radius 2 is 1.83 bits per heavy atom. The van der Waals surface area contributed by atoms with E-state index in [1.165, 1.54) is 25.1 Å². The molecule has 126 valence electrons. The standard InChI is InChI=1S/C13H17N3O5S2/c1-8-6-10(4-5-11(8)12(17)16-13(14)15)23(20,21)7-22(18,19)9-2-3-9/h4-6,9H,2-3,7H2,1H3,(H4,14,15,16,17). The number of carbonyl (C=O) groups excluding carboxylic acids is 1. The van der Waals surface area contributed by atoms with E-state index in [2.05, 4.69) is 4.99 Å². The molecule has 0 aliphatic heterocycles. The smallest absolute Gasteiger partial charge is 0.280 e. The van der Waals surface area contributed by atoms with E-state index in [4.69, 9.17) is 11.5 Å². The Balaban J connectivity index is 2.32. The number of carbonyl (C=O) groups is 1. The van der Waals surface area contributed by atoms with Crippen LogP contribution in [0.3, 0.4) is 0 Å². The number of rotatable bonds is 5. The third kappa shape index (κ3) is 4.08. The summed E-state index contributed by atoms with van der Waals surface area (Å²) in [7, 11) is -7.65. The highest BCUT2D eigenvalue weighted by atomic mass is 32.3. The lowest BCUT2D eigenvalue weighted by atomic mass is 10.1. The summed E-state index contributed by atoms with van der Waals surface area (Å²) in [5.41, 5.74) is 10.7. The predicted molar refractivity (Wildman–Crippen MR) is 85.3 cm³/mol. The average Bonchev–Trinajstić information content (AvgIpc) is 3.20. The summed E-state index contributed by atoms with van der Waals surface area (Å²) in [5.74, 6) is -1.10. The maximum atomic E-state index is 12.3. The summed E-state index contributed by atoms with van der Waals surface area (Å²) in [4.78, 5) is 15.0. The van der Waals surface area contributed by atoms with Crippen molar-refractivity contribution in [2.45, 2.75) is 29.9 Å². The molecule has 0 unspecified atom stereocenters. The molecule has 0 saturated heterocycles. The van der Waals surface area contributed by atoms with Crippen LogP contribution in [0.25, 0.3) is 0 Å². The van der Waals surface area contributed by atoms with Gasteiger partial charge in [-0.25, -0.2) is 16.8 Å². The highest BCUT2D eigenvalue weighted by molar-refractivity contribution is 8.08. The second kappa shape index (κ2) is 5.93. The van der Waals surface area contributed by atoms with Crippen LogP contribution >= 0.6 is 0 Å². The van der Waals surface area contributed by atoms with Gasteiger partial charge in [-0.2, -0.15) is 4.99 Å².